The van der Waals surface area contributed by atoms with Gasteiger partial charge in [0.2, 0.25) is 0 Å². The number of likely N-dealkylation sites (tertiary alicyclic amines) is 1. The van der Waals surface area contributed by atoms with E-state index in [1.54, 1.807) is 6.07 Å². The molecule has 0 aromatic heterocycles. The van der Waals surface area contributed by atoms with Crippen molar-refractivity contribution in [2.45, 2.75) is 39.3 Å². The van der Waals surface area contributed by atoms with Gasteiger partial charge in [-0.2, -0.15) is 0 Å². The molecule has 88 valence electrons. The van der Waals surface area contributed by atoms with E-state index in [-0.39, 0.29) is 0 Å². The molecule has 0 spiro atoms. The number of hydrogen-bond donors (Lipinski definition) is 1. The van der Waals surface area contributed by atoms with Crippen LogP contribution in [0.25, 0.3) is 0 Å². The van der Waals surface area contributed by atoms with Gasteiger partial charge in [0.15, 0.2) is 0 Å². The molecule has 0 bridgehead atoms. The molecule has 2 nitrogen and oxygen atoms in total. The fourth-order valence-corrected chi connectivity index (χ4v) is 2.89. The van der Waals surface area contributed by atoms with Crippen LogP contribution in [0.15, 0.2) is 24.3 Å². The number of benzene rings is 1. The highest BCUT2D eigenvalue weighted by atomic mass is 16.3. The summed E-state index contributed by atoms with van der Waals surface area (Å²) in [7, 11) is 0. The Morgan fingerprint density at radius 1 is 1.31 bits per heavy atom. The lowest BCUT2D eigenvalue weighted by atomic mass is 10.1. The van der Waals surface area contributed by atoms with E-state index in [4.69, 9.17) is 0 Å². The molecule has 1 aliphatic rings. The molecule has 0 radical (unpaired) electrons. The molecule has 0 amide bonds. The molecule has 1 fully saturated rings. The second-order valence-corrected chi connectivity index (χ2v) is 5.12. The van der Waals surface area contributed by atoms with Crippen LogP contribution in [0.5, 0.6) is 5.75 Å². The second-order valence-electron chi connectivity index (χ2n) is 5.12. The van der Waals surface area contributed by atoms with E-state index in [0.717, 1.165) is 18.0 Å². The summed E-state index contributed by atoms with van der Waals surface area (Å²) in [6.07, 6.45) is 1.26. The van der Waals surface area contributed by atoms with Gasteiger partial charge in [-0.1, -0.05) is 25.1 Å². The maximum atomic E-state index is 9.87. The predicted octanol–water partition coefficient (Wildman–Crippen LogP) is 3.18. The number of phenolic OH excluding ortho intramolecular Hbond substituents is 1. The molecule has 2 rings (SSSR count). The van der Waals surface area contributed by atoms with Crippen LogP contribution in [0.1, 0.15) is 38.8 Å². The zero-order valence-electron chi connectivity index (χ0n) is 10.4. The lowest BCUT2D eigenvalue weighted by Crippen LogP contribution is -2.30. The normalized spacial score (nSPS) is 28.2. The van der Waals surface area contributed by atoms with Crippen LogP contribution < -0.4 is 0 Å². The number of nitrogens with zero attached hydrogens (tertiary/aromatic N) is 1. The Labute approximate surface area is 97.9 Å². The summed E-state index contributed by atoms with van der Waals surface area (Å²) in [5.74, 6) is 1.19. The Kier molecular flexibility index (Phi) is 3.20. The van der Waals surface area contributed by atoms with Gasteiger partial charge < -0.3 is 5.11 Å². The molecule has 1 saturated heterocycles. The Morgan fingerprint density at radius 2 is 2.00 bits per heavy atom. The van der Waals surface area contributed by atoms with Crippen molar-refractivity contribution >= 4 is 0 Å². The molecule has 3 atom stereocenters. The topological polar surface area (TPSA) is 23.5 Å². The van der Waals surface area contributed by atoms with Crippen LogP contribution in [0, 0.1) is 5.92 Å². The third-order valence-corrected chi connectivity index (χ3v) is 3.72. The van der Waals surface area contributed by atoms with E-state index < -0.39 is 0 Å². The Balaban J connectivity index is 2.19. The fraction of sp³-hybridized carbons (Fsp3) is 0.571. The Hall–Kier alpha value is -1.02. The van der Waals surface area contributed by atoms with Crippen LogP contribution in [-0.4, -0.2) is 22.6 Å². The Morgan fingerprint density at radius 3 is 2.56 bits per heavy atom. The minimum atomic E-state index is 0.307. The number of aromatic hydroxyl groups is 1. The minimum absolute atomic E-state index is 0.307. The zero-order chi connectivity index (χ0) is 11.7. The summed E-state index contributed by atoms with van der Waals surface area (Å²) in [4.78, 5) is 2.49. The van der Waals surface area contributed by atoms with E-state index in [1.165, 1.54) is 6.42 Å². The van der Waals surface area contributed by atoms with Gasteiger partial charge in [0.05, 0.1) is 0 Å². The van der Waals surface area contributed by atoms with Crippen molar-refractivity contribution < 1.29 is 5.11 Å². The molecule has 1 aromatic carbocycles. The minimum Gasteiger partial charge on any atom is -0.508 e. The monoisotopic (exact) mass is 219 g/mol. The molecule has 1 N–H and O–H groups in total. The van der Waals surface area contributed by atoms with Crippen molar-refractivity contribution in [2.75, 3.05) is 6.54 Å². The molecular formula is C14H21NO. The second kappa shape index (κ2) is 4.46. The van der Waals surface area contributed by atoms with Crippen LogP contribution in [-0.2, 0) is 0 Å². The van der Waals surface area contributed by atoms with Crippen LogP contribution in [0.4, 0.5) is 0 Å². The highest BCUT2D eigenvalue weighted by molar-refractivity contribution is 5.34. The lowest BCUT2D eigenvalue weighted by Gasteiger charge is -2.29. The summed E-state index contributed by atoms with van der Waals surface area (Å²) in [5, 5.41) is 9.87. The SMILES string of the molecule is CC1CC(C)N(C(C)c2ccccc2O)C1. The van der Waals surface area contributed by atoms with Gasteiger partial charge in [-0.15, -0.1) is 0 Å². The van der Waals surface area contributed by atoms with Crippen LogP contribution >= 0.6 is 0 Å². The predicted molar refractivity (Wildman–Crippen MR) is 66.5 cm³/mol. The van der Waals surface area contributed by atoms with Crippen molar-refractivity contribution in [1.82, 2.24) is 4.90 Å². The van der Waals surface area contributed by atoms with Crippen molar-refractivity contribution in [3.63, 3.8) is 0 Å². The average Bonchev–Trinajstić information content (AvgIpc) is 2.58. The van der Waals surface area contributed by atoms with Gasteiger partial charge in [-0.3, -0.25) is 4.90 Å². The summed E-state index contributed by atoms with van der Waals surface area (Å²) in [6.45, 7) is 7.90. The number of rotatable bonds is 2. The van der Waals surface area contributed by atoms with Crippen molar-refractivity contribution in [3.8, 4) is 5.75 Å². The van der Waals surface area contributed by atoms with Gasteiger partial charge in [-0.25, -0.2) is 0 Å². The standard InChI is InChI=1S/C14H21NO/c1-10-8-11(2)15(9-10)12(3)13-6-4-5-7-14(13)16/h4-7,10-12,16H,8-9H2,1-3H3. The van der Waals surface area contributed by atoms with E-state index in [1.807, 2.05) is 18.2 Å². The molecule has 0 aliphatic carbocycles. The van der Waals surface area contributed by atoms with Crippen molar-refractivity contribution in [1.29, 1.82) is 0 Å². The van der Waals surface area contributed by atoms with E-state index in [2.05, 4.69) is 25.7 Å². The highest BCUT2D eigenvalue weighted by Gasteiger charge is 2.30. The maximum absolute atomic E-state index is 9.87. The van der Waals surface area contributed by atoms with Crippen LogP contribution in [0.2, 0.25) is 0 Å². The first-order valence-corrected chi connectivity index (χ1v) is 6.13. The first-order valence-electron chi connectivity index (χ1n) is 6.13. The highest BCUT2D eigenvalue weighted by Crippen LogP contribution is 2.34. The van der Waals surface area contributed by atoms with Gasteiger partial charge in [0.1, 0.15) is 5.75 Å². The molecular weight excluding hydrogens is 198 g/mol. The lowest BCUT2D eigenvalue weighted by molar-refractivity contribution is 0.198. The number of hydrogen-bond acceptors (Lipinski definition) is 2. The third kappa shape index (κ3) is 2.07. The van der Waals surface area contributed by atoms with Gasteiger partial charge in [-0.05, 0) is 32.3 Å². The van der Waals surface area contributed by atoms with Crippen molar-refractivity contribution in [3.05, 3.63) is 29.8 Å². The number of phenols is 1. The van der Waals surface area contributed by atoms with Gasteiger partial charge in [0, 0.05) is 24.2 Å². The molecule has 2 heteroatoms. The summed E-state index contributed by atoms with van der Waals surface area (Å²) in [6, 6.07) is 8.59. The summed E-state index contributed by atoms with van der Waals surface area (Å²) >= 11 is 0. The molecule has 1 aliphatic heterocycles. The fourth-order valence-electron chi connectivity index (χ4n) is 2.89. The van der Waals surface area contributed by atoms with Crippen LogP contribution in [0.3, 0.4) is 0 Å². The maximum Gasteiger partial charge on any atom is 0.120 e. The molecule has 1 heterocycles. The quantitative estimate of drug-likeness (QED) is 0.825. The van der Waals surface area contributed by atoms with Crippen molar-refractivity contribution in [2.24, 2.45) is 5.92 Å². The molecule has 3 unspecified atom stereocenters. The molecule has 16 heavy (non-hydrogen) atoms. The van der Waals surface area contributed by atoms with E-state index in [9.17, 15) is 5.11 Å². The average molecular weight is 219 g/mol. The first kappa shape index (κ1) is 11.5. The third-order valence-electron chi connectivity index (χ3n) is 3.72. The zero-order valence-corrected chi connectivity index (χ0v) is 10.4. The van der Waals surface area contributed by atoms with E-state index in [0.29, 0.717) is 17.8 Å². The number of para-hydroxylation sites is 1. The Bertz CT molecular complexity index is 364. The molecule has 1 aromatic rings. The summed E-state index contributed by atoms with van der Waals surface area (Å²) < 4.78 is 0. The largest absolute Gasteiger partial charge is 0.508 e. The van der Waals surface area contributed by atoms with Gasteiger partial charge >= 0.3 is 0 Å². The smallest absolute Gasteiger partial charge is 0.120 e. The van der Waals surface area contributed by atoms with Gasteiger partial charge in [0.25, 0.3) is 0 Å². The van der Waals surface area contributed by atoms with E-state index >= 15 is 0 Å². The summed E-state index contributed by atoms with van der Waals surface area (Å²) in [5.41, 5.74) is 1.04. The molecule has 0 saturated carbocycles. The first-order chi connectivity index (χ1) is 7.59.